The van der Waals surface area contributed by atoms with Crippen molar-refractivity contribution in [2.24, 2.45) is 0 Å². The van der Waals surface area contributed by atoms with Crippen LogP contribution in [0.3, 0.4) is 0 Å². The second-order valence-electron chi connectivity index (χ2n) is 6.30. The summed E-state index contributed by atoms with van der Waals surface area (Å²) >= 11 is 0. The van der Waals surface area contributed by atoms with Gasteiger partial charge in [0.2, 0.25) is 5.91 Å². The van der Waals surface area contributed by atoms with Gasteiger partial charge in [-0.2, -0.15) is 13.5 Å². The molecule has 2 saturated heterocycles. The maximum atomic E-state index is 12.4. The fourth-order valence-corrected chi connectivity index (χ4v) is 3.59. The van der Waals surface area contributed by atoms with Crippen LogP contribution < -0.4 is 5.32 Å². The van der Waals surface area contributed by atoms with Crippen LogP contribution >= 0.6 is 0 Å². The molecule has 2 N–H and O–H groups in total. The molecule has 0 spiro atoms. The van der Waals surface area contributed by atoms with Crippen LogP contribution in [0.25, 0.3) is 0 Å². The number of nitrogens with one attached hydrogen (secondary N) is 1. The first-order chi connectivity index (χ1) is 12.7. The van der Waals surface area contributed by atoms with Gasteiger partial charge >= 0.3 is 16.4 Å². The second kappa shape index (κ2) is 7.58. The van der Waals surface area contributed by atoms with Gasteiger partial charge in [-0.3, -0.25) is 19.1 Å². The smallest absolute Gasteiger partial charge is 0.347 e. The van der Waals surface area contributed by atoms with Crippen LogP contribution in [0.1, 0.15) is 18.4 Å². The number of hydroxylamine groups is 2. The Hall–Kier alpha value is -2.57. The molecule has 0 unspecified atom stereocenters. The summed E-state index contributed by atoms with van der Waals surface area (Å²) in [6, 6.07) is 1.22. The third kappa shape index (κ3) is 4.59. The number of carbonyl (C=O) groups excluding carboxylic acids is 3. The van der Waals surface area contributed by atoms with Crippen LogP contribution in [0.2, 0.25) is 0 Å². The van der Waals surface area contributed by atoms with Crippen LogP contribution in [-0.2, 0) is 30.7 Å². The zero-order valence-electron chi connectivity index (χ0n) is 14.1. The number of amides is 3. The van der Waals surface area contributed by atoms with E-state index in [-0.39, 0.29) is 31.7 Å². The van der Waals surface area contributed by atoms with Crippen molar-refractivity contribution >= 4 is 28.1 Å². The number of Topliss-reactive ketones (excluding diaryl/α,β-unsaturated/α-hetero) is 1. The van der Waals surface area contributed by atoms with Gasteiger partial charge in [0.15, 0.2) is 5.78 Å². The molecule has 146 valence electrons. The molecule has 0 radical (unpaired) electrons. The van der Waals surface area contributed by atoms with Gasteiger partial charge < -0.3 is 10.2 Å². The molecule has 3 rings (SSSR count). The highest BCUT2D eigenvalue weighted by Gasteiger charge is 2.49. The molecule has 1 aromatic rings. The topological polar surface area (TPSA) is 146 Å². The molecule has 2 bridgehead atoms. The molecule has 1 aromatic heterocycles. The number of hydrogen-bond donors (Lipinski definition) is 2. The zero-order valence-corrected chi connectivity index (χ0v) is 15.0. The molecule has 2 aliphatic rings. The Bertz CT molecular complexity index is 845. The van der Waals surface area contributed by atoms with E-state index in [4.69, 9.17) is 4.55 Å². The molecule has 2 aliphatic heterocycles. The third-order valence-corrected chi connectivity index (χ3v) is 4.73. The minimum absolute atomic E-state index is 0.0933. The minimum Gasteiger partial charge on any atom is -0.347 e. The predicted molar refractivity (Wildman–Crippen MR) is 89.3 cm³/mol. The van der Waals surface area contributed by atoms with E-state index in [9.17, 15) is 22.8 Å². The Morgan fingerprint density at radius 1 is 1.37 bits per heavy atom. The van der Waals surface area contributed by atoms with Crippen molar-refractivity contribution in [3.05, 3.63) is 30.1 Å². The van der Waals surface area contributed by atoms with Gasteiger partial charge in [-0.05, 0) is 24.5 Å². The van der Waals surface area contributed by atoms with Gasteiger partial charge in [-0.15, -0.1) is 4.28 Å². The lowest BCUT2D eigenvalue weighted by atomic mass is 10.0. The molecule has 27 heavy (non-hydrogen) atoms. The molecule has 0 saturated carbocycles. The number of ketones is 1. The average molecular weight is 398 g/mol. The zero-order chi connectivity index (χ0) is 19.6. The number of piperidine rings is 1. The number of rotatable bonds is 7. The Morgan fingerprint density at radius 3 is 2.81 bits per heavy atom. The van der Waals surface area contributed by atoms with Gasteiger partial charge in [-0.25, -0.2) is 4.79 Å². The highest BCUT2D eigenvalue weighted by atomic mass is 32.3. The van der Waals surface area contributed by atoms with Crippen molar-refractivity contribution in [2.45, 2.75) is 31.3 Å². The van der Waals surface area contributed by atoms with E-state index in [1.54, 1.807) is 24.5 Å². The SMILES string of the molecule is O=C(CNC(=O)[C@@H]1CC[C@@H]2CN1C(=O)N2OS(=O)(=O)O)Cc1cccnc1. The van der Waals surface area contributed by atoms with Gasteiger partial charge in [0, 0.05) is 25.4 Å². The molecule has 2 fully saturated rings. The summed E-state index contributed by atoms with van der Waals surface area (Å²) in [7, 11) is -4.84. The van der Waals surface area contributed by atoms with Crippen molar-refractivity contribution in [3.8, 4) is 0 Å². The summed E-state index contributed by atoms with van der Waals surface area (Å²) in [5.41, 5.74) is 0.727. The van der Waals surface area contributed by atoms with Crippen molar-refractivity contribution in [3.63, 3.8) is 0 Å². The van der Waals surface area contributed by atoms with Crippen molar-refractivity contribution < 1.29 is 31.6 Å². The largest absolute Gasteiger partial charge is 0.418 e. The van der Waals surface area contributed by atoms with Gasteiger partial charge in [-0.1, -0.05) is 6.07 Å². The Labute approximate surface area is 155 Å². The normalized spacial score (nSPS) is 22.0. The molecule has 3 heterocycles. The first kappa shape index (κ1) is 19.2. The second-order valence-corrected chi connectivity index (χ2v) is 7.31. The fourth-order valence-electron chi connectivity index (χ4n) is 3.20. The number of nitrogens with zero attached hydrogens (tertiary/aromatic N) is 3. The lowest BCUT2D eigenvalue weighted by Crippen LogP contribution is -2.50. The van der Waals surface area contributed by atoms with Gasteiger partial charge in [0.1, 0.15) is 6.04 Å². The predicted octanol–water partition coefficient (Wildman–Crippen LogP) is -0.688. The van der Waals surface area contributed by atoms with E-state index in [0.717, 1.165) is 5.56 Å². The van der Waals surface area contributed by atoms with Gasteiger partial charge in [0.25, 0.3) is 0 Å². The monoisotopic (exact) mass is 398 g/mol. The molecular formula is C15H18N4O7S. The number of urea groups is 1. The van der Waals surface area contributed by atoms with E-state index in [0.29, 0.717) is 11.5 Å². The fraction of sp³-hybridized carbons (Fsp3) is 0.467. The molecule has 0 aliphatic carbocycles. The van der Waals surface area contributed by atoms with E-state index >= 15 is 0 Å². The van der Waals surface area contributed by atoms with Crippen molar-refractivity contribution in [1.82, 2.24) is 20.3 Å². The van der Waals surface area contributed by atoms with Gasteiger partial charge in [0.05, 0.1) is 12.6 Å². The number of pyridine rings is 1. The summed E-state index contributed by atoms with van der Waals surface area (Å²) in [6.45, 7) is -0.100. The molecule has 2 atom stereocenters. The first-order valence-corrected chi connectivity index (χ1v) is 9.56. The van der Waals surface area contributed by atoms with E-state index < -0.39 is 34.4 Å². The molecule has 11 nitrogen and oxygen atoms in total. The van der Waals surface area contributed by atoms with Crippen LogP contribution in [-0.4, -0.2) is 70.8 Å². The van der Waals surface area contributed by atoms with E-state index in [1.807, 2.05) is 0 Å². The summed E-state index contributed by atoms with van der Waals surface area (Å²) in [6.07, 6.45) is 3.88. The third-order valence-electron chi connectivity index (χ3n) is 4.38. The Morgan fingerprint density at radius 2 is 2.15 bits per heavy atom. The van der Waals surface area contributed by atoms with Crippen LogP contribution in [0, 0.1) is 0 Å². The highest BCUT2D eigenvalue weighted by molar-refractivity contribution is 7.80. The summed E-state index contributed by atoms with van der Waals surface area (Å²) in [4.78, 5) is 41.7. The number of aromatic nitrogens is 1. The van der Waals surface area contributed by atoms with Crippen LogP contribution in [0.15, 0.2) is 24.5 Å². The lowest BCUT2D eigenvalue weighted by molar-refractivity contribution is -0.128. The quantitative estimate of drug-likeness (QED) is 0.574. The van der Waals surface area contributed by atoms with Crippen LogP contribution in [0.5, 0.6) is 0 Å². The molecular weight excluding hydrogens is 380 g/mol. The first-order valence-electron chi connectivity index (χ1n) is 8.20. The molecule has 0 aromatic carbocycles. The number of carbonyl (C=O) groups is 3. The number of hydrogen-bond acceptors (Lipinski definition) is 7. The minimum atomic E-state index is -4.84. The summed E-state index contributed by atoms with van der Waals surface area (Å²) in [5.74, 6) is -0.718. The van der Waals surface area contributed by atoms with E-state index in [1.165, 1.54) is 4.90 Å². The Kier molecular flexibility index (Phi) is 5.39. The maximum absolute atomic E-state index is 12.4. The molecule has 12 heteroatoms. The summed E-state index contributed by atoms with van der Waals surface area (Å²) < 4.78 is 34.8. The highest BCUT2D eigenvalue weighted by Crippen LogP contribution is 2.30. The van der Waals surface area contributed by atoms with Crippen LogP contribution in [0.4, 0.5) is 4.79 Å². The summed E-state index contributed by atoms with van der Waals surface area (Å²) in [5, 5.41) is 3.07. The maximum Gasteiger partial charge on any atom is 0.418 e. The van der Waals surface area contributed by atoms with Crippen molar-refractivity contribution in [2.75, 3.05) is 13.1 Å². The average Bonchev–Trinajstić information content (AvgIpc) is 2.84. The number of fused-ring (bicyclic) bond motifs is 2. The molecule has 3 amide bonds. The standard InChI is InChI=1S/C15H18N4O7S/c20-12(6-10-2-1-5-16-7-10)8-17-14(21)13-4-3-11-9-18(13)15(22)19(11)26-27(23,24)25/h1-2,5,7,11,13H,3-4,6,8-9H2,(H,17,21)(H,23,24,25)/t11-,13+/m1/s1. The Balaban J connectivity index is 1.55. The lowest BCUT2D eigenvalue weighted by Gasteiger charge is -2.29. The van der Waals surface area contributed by atoms with Crippen molar-refractivity contribution in [1.29, 1.82) is 0 Å². The van der Waals surface area contributed by atoms with E-state index in [2.05, 4.69) is 14.6 Å².